The summed E-state index contributed by atoms with van der Waals surface area (Å²) in [5.74, 6) is 0.651. The van der Waals surface area contributed by atoms with Crippen molar-refractivity contribution in [3.63, 3.8) is 0 Å². The van der Waals surface area contributed by atoms with Gasteiger partial charge in [-0.1, -0.05) is 6.07 Å². The fourth-order valence-electron chi connectivity index (χ4n) is 1.47. The van der Waals surface area contributed by atoms with E-state index >= 15 is 0 Å². The van der Waals surface area contributed by atoms with Crippen molar-refractivity contribution in [3.05, 3.63) is 41.1 Å². The van der Waals surface area contributed by atoms with E-state index < -0.39 is 0 Å². The monoisotopic (exact) mass is 293 g/mol. The molecule has 0 atom stereocenters. The number of para-hydroxylation sites is 1. The van der Waals surface area contributed by atoms with E-state index in [1.165, 1.54) is 0 Å². The number of nitrogens with two attached hydrogens (primary N) is 1. The van der Waals surface area contributed by atoms with Crippen LogP contribution in [0.1, 0.15) is 0 Å². The first-order valence-electron chi connectivity index (χ1n) is 5.01. The van der Waals surface area contributed by atoms with E-state index in [0.717, 1.165) is 15.8 Å². The summed E-state index contributed by atoms with van der Waals surface area (Å²) in [4.78, 5) is 4.07. The first kappa shape index (κ1) is 11.7. The third-order valence-electron chi connectivity index (χ3n) is 2.27. The summed E-state index contributed by atoms with van der Waals surface area (Å²) in [6.07, 6.45) is 3.45. The van der Waals surface area contributed by atoms with Gasteiger partial charge < -0.3 is 15.8 Å². The maximum atomic E-state index is 5.96. The lowest BCUT2D eigenvalue weighted by molar-refractivity contribution is 0.417. The van der Waals surface area contributed by atoms with Crippen LogP contribution in [0.15, 0.2) is 41.1 Å². The topological polar surface area (TPSA) is 60.2 Å². The Balaban J connectivity index is 2.30. The molecule has 2 aromatic rings. The number of anilines is 3. The lowest BCUT2D eigenvalue weighted by Gasteiger charge is -2.11. The average molecular weight is 294 g/mol. The number of ether oxygens (including phenoxy) is 1. The quantitative estimate of drug-likeness (QED) is 0.854. The van der Waals surface area contributed by atoms with Crippen molar-refractivity contribution in [2.45, 2.75) is 0 Å². The standard InChI is InChI=1S/C12H12BrN3O/c1-17-11-4-2-3-10(12(11)14)16-9-5-8(13)6-15-7-9/h2-7,16H,14H2,1H3. The van der Waals surface area contributed by atoms with E-state index in [0.29, 0.717) is 11.4 Å². The number of nitrogen functional groups attached to an aromatic ring is 1. The van der Waals surface area contributed by atoms with Gasteiger partial charge in [-0.3, -0.25) is 4.98 Å². The van der Waals surface area contributed by atoms with Crippen LogP contribution in [0, 0.1) is 0 Å². The molecule has 88 valence electrons. The second-order valence-corrected chi connectivity index (χ2v) is 4.35. The first-order valence-corrected chi connectivity index (χ1v) is 5.80. The molecule has 17 heavy (non-hydrogen) atoms. The van der Waals surface area contributed by atoms with Crippen LogP contribution in [0.25, 0.3) is 0 Å². The Morgan fingerprint density at radius 3 is 2.88 bits per heavy atom. The summed E-state index contributed by atoms with van der Waals surface area (Å²) in [7, 11) is 1.59. The number of rotatable bonds is 3. The molecule has 0 saturated carbocycles. The molecule has 1 heterocycles. The number of nitrogens with one attached hydrogen (secondary N) is 1. The van der Waals surface area contributed by atoms with Crippen molar-refractivity contribution in [2.75, 3.05) is 18.2 Å². The third kappa shape index (κ3) is 2.68. The van der Waals surface area contributed by atoms with Gasteiger partial charge in [0.05, 0.1) is 30.4 Å². The van der Waals surface area contributed by atoms with Gasteiger partial charge in [-0.2, -0.15) is 0 Å². The minimum Gasteiger partial charge on any atom is -0.495 e. The molecule has 0 unspecified atom stereocenters. The highest BCUT2D eigenvalue weighted by Crippen LogP contribution is 2.31. The van der Waals surface area contributed by atoms with E-state index in [1.54, 1.807) is 19.5 Å². The Morgan fingerprint density at radius 2 is 2.18 bits per heavy atom. The number of nitrogens with zero attached hydrogens (tertiary/aromatic N) is 1. The van der Waals surface area contributed by atoms with Gasteiger partial charge in [0.25, 0.3) is 0 Å². The molecule has 4 nitrogen and oxygen atoms in total. The summed E-state index contributed by atoms with van der Waals surface area (Å²) >= 11 is 3.36. The van der Waals surface area contributed by atoms with Gasteiger partial charge in [-0.15, -0.1) is 0 Å². The van der Waals surface area contributed by atoms with Crippen molar-refractivity contribution in [1.82, 2.24) is 4.98 Å². The number of aromatic nitrogens is 1. The predicted octanol–water partition coefficient (Wildman–Crippen LogP) is 3.18. The molecule has 3 N–H and O–H groups in total. The molecule has 0 amide bonds. The van der Waals surface area contributed by atoms with Gasteiger partial charge in [-0.25, -0.2) is 0 Å². The molecule has 2 rings (SSSR count). The van der Waals surface area contributed by atoms with Crippen molar-refractivity contribution in [2.24, 2.45) is 0 Å². The number of pyridine rings is 1. The van der Waals surface area contributed by atoms with Crippen LogP contribution in [-0.4, -0.2) is 12.1 Å². The smallest absolute Gasteiger partial charge is 0.143 e. The molecule has 0 saturated heterocycles. The van der Waals surface area contributed by atoms with Gasteiger partial charge in [0.2, 0.25) is 0 Å². The summed E-state index contributed by atoms with van der Waals surface area (Å²) in [6, 6.07) is 7.51. The first-order chi connectivity index (χ1) is 8.20. The number of methoxy groups -OCH3 is 1. The molecule has 0 radical (unpaired) electrons. The van der Waals surface area contributed by atoms with Crippen molar-refractivity contribution >= 4 is 33.0 Å². The summed E-state index contributed by atoms with van der Waals surface area (Å²) in [5.41, 5.74) is 8.19. The van der Waals surface area contributed by atoms with Crippen molar-refractivity contribution in [1.29, 1.82) is 0 Å². The highest BCUT2D eigenvalue weighted by Gasteiger charge is 2.05. The van der Waals surface area contributed by atoms with Crippen LogP contribution in [0.2, 0.25) is 0 Å². The number of halogens is 1. The molecule has 0 aliphatic heterocycles. The predicted molar refractivity (Wildman–Crippen MR) is 72.6 cm³/mol. The van der Waals surface area contributed by atoms with Crippen LogP contribution < -0.4 is 15.8 Å². The fourth-order valence-corrected chi connectivity index (χ4v) is 1.83. The normalized spacial score (nSPS) is 10.0. The Labute approximate surface area is 108 Å². The van der Waals surface area contributed by atoms with Crippen molar-refractivity contribution < 1.29 is 4.74 Å². The van der Waals surface area contributed by atoms with Gasteiger partial charge in [-0.05, 0) is 34.1 Å². The summed E-state index contributed by atoms with van der Waals surface area (Å²) in [6.45, 7) is 0. The Hall–Kier alpha value is -1.75. The SMILES string of the molecule is COc1cccc(Nc2cncc(Br)c2)c1N. The van der Waals surface area contributed by atoms with Gasteiger partial charge in [0, 0.05) is 10.7 Å². The molecule has 0 spiro atoms. The number of benzene rings is 1. The lowest BCUT2D eigenvalue weighted by atomic mass is 10.2. The Bertz CT molecular complexity index is 531. The van der Waals surface area contributed by atoms with Crippen LogP contribution in [0.4, 0.5) is 17.1 Å². The second-order valence-electron chi connectivity index (χ2n) is 3.44. The Morgan fingerprint density at radius 1 is 1.35 bits per heavy atom. The van der Waals surface area contributed by atoms with Crippen LogP contribution in [-0.2, 0) is 0 Å². The summed E-state index contributed by atoms with van der Waals surface area (Å²) in [5, 5.41) is 3.19. The molecule has 0 aliphatic carbocycles. The van der Waals surface area contributed by atoms with Gasteiger partial charge >= 0.3 is 0 Å². The largest absolute Gasteiger partial charge is 0.495 e. The molecule has 0 bridgehead atoms. The van der Waals surface area contributed by atoms with Crippen LogP contribution in [0.3, 0.4) is 0 Å². The number of hydrogen-bond acceptors (Lipinski definition) is 4. The minimum atomic E-state index is 0.579. The molecule has 1 aromatic heterocycles. The van der Waals surface area contributed by atoms with Crippen molar-refractivity contribution in [3.8, 4) is 5.75 Å². The molecule has 0 aliphatic rings. The van der Waals surface area contributed by atoms with Gasteiger partial charge in [0.15, 0.2) is 0 Å². The van der Waals surface area contributed by atoms with E-state index in [-0.39, 0.29) is 0 Å². The molecular formula is C12H12BrN3O. The summed E-state index contributed by atoms with van der Waals surface area (Å²) < 4.78 is 6.06. The maximum absolute atomic E-state index is 5.96. The van der Waals surface area contributed by atoms with E-state index in [9.17, 15) is 0 Å². The van der Waals surface area contributed by atoms with E-state index in [1.807, 2.05) is 24.3 Å². The highest BCUT2D eigenvalue weighted by molar-refractivity contribution is 9.10. The molecular weight excluding hydrogens is 282 g/mol. The average Bonchev–Trinajstić information content (AvgIpc) is 2.32. The van der Waals surface area contributed by atoms with E-state index in [4.69, 9.17) is 10.5 Å². The molecule has 0 fully saturated rings. The zero-order chi connectivity index (χ0) is 12.3. The van der Waals surface area contributed by atoms with Crippen LogP contribution >= 0.6 is 15.9 Å². The fraction of sp³-hybridized carbons (Fsp3) is 0.0833. The number of hydrogen-bond donors (Lipinski definition) is 2. The third-order valence-corrected chi connectivity index (χ3v) is 2.70. The van der Waals surface area contributed by atoms with Gasteiger partial charge in [0.1, 0.15) is 5.75 Å². The highest BCUT2D eigenvalue weighted by atomic mass is 79.9. The molecule has 5 heteroatoms. The molecule has 1 aromatic carbocycles. The zero-order valence-corrected chi connectivity index (χ0v) is 10.9. The van der Waals surface area contributed by atoms with Crippen LogP contribution in [0.5, 0.6) is 5.75 Å². The maximum Gasteiger partial charge on any atom is 0.143 e. The second kappa shape index (κ2) is 5.05. The Kier molecular flexibility index (Phi) is 3.49. The zero-order valence-electron chi connectivity index (χ0n) is 9.27. The lowest BCUT2D eigenvalue weighted by Crippen LogP contribution is -1.99. The minimum absolute atomic E-state index is 0.579. The van der Waals surface area contributed by atoms with E-state index in [2.05, 4.69) is 26.2 Å².